The molecule has 5 heteroatoms. The van der Waals surface area contributed by atoms with E-state index in [1.807, 2.05) is 6.07 Å². The standard InChI is InChI=1S/C19H26N4O/c1-14-13-16(5-6-18(14)24-3)15(2)22-17-7-11-23(12-8-17)19-20-9-4-10-21-19/h4-6,9-10,13,15,17,22H,7-8,11-12H2,1-3H3/t15-/m0/s1. The molecule has 24 heavy (non-hydrogen) atoms. The lowest BCUT2D eigenvalue weighted by Crippen LogP contribution is -2.43. The highest BCUT2D eigenvalue weighted by Gasteiger charge is 2.22. The predicted octanol–water partition coefficient (Wildman–Crippen LogP) is 3.11. The number of piperidine rings is 1. The van der Waals surface area contributed by atoms with Crippen molar-refractivity contribution < 1.29 is 4.74 Å². The number of benzene rings is 1. The summed E-state index contributed by atoms with van der Waals surface area (Å²) in [6, 6.07) is 9.13. The first kappa shape index (κ1) is 16.7. The fourth-order valence-electron chi connectivity index (χ4n) is 3.32. The molecular weight excluding hydrogens is 300 g/mol. The van der Waals surface area contributed by atoms with Gasteiger partial charge in [-0.25, -0.2) is 9.97 Å². The minimum Gasteiger partial charge on any atom is -0.496 e. The zero-order valence-electron chi connectivity index (χ0n) is 14.7. The van der Waals surface area contributed by atoms with E-state index in [1.54, 1.807) is 19.5 Å². The van der Waals surface area contributed by atoms with Gasteiger partial charge < -0.3 is 15.0 Å². The fourth-order valence-corrected chi connectivity index (χ4v) is 3.32. The van der Waals surface area contributed by atoms with Crippen molar-refractivity contribution in [3.8, 4) is 5.75 Å². The van der Waals surface area contributed by atoms with Crippen LogP contribution in [0.3, 0.4) is 0 Å². The lowest BCUT2D eigenvalue weighted by atomic mass is 10.0. The molecule has 0 aliphatic carbocycles. The monoisotopic (exact) mass is 326 g/mol. The molecule has 2 heterocycles. The molecule has 0 saturated carbocycles. The normalized spacial score (nSPS) is 16.9. The third-order valence-electron chi connectivity index (χ3n) is 4.73. The average Bonchev–Trinajstić information content (AvgIpc) is 2.63. The lowest BCUT2D eigenvalue weighted by Gasteiger charge is -2.34. The maximum absolute atomic E-state index is 5.35. The van der Waals surface area contributed by atoms with Gasteiger partial charge >= 0.3 is 0 Å². The van der Waals surface area contributed by atoms with E-state index in [1.165, 1.54) is 11.1 Å². The van der Waals surface area contributed by atoms with Crippen LogP contribution in [0.2, 0.25) is 0 Å². The number of anilines is 1. The number of hydrogen-bond acceptors (Lipinski definition) is 5. The summed E-state index contributed by atoms with van der Waals surface area (Å²) in [5, 5.41) is 3.76. The quantitative estimate of drug-likeness (QED) is 0.915. The van der Waals surface area contributed by atoms with Gasteiger partial charge in [0.2, 0.25) is 5.95 Å². The molecule has 128 valence electrons. The van der Waals surface area contributed by atoms with Crippen LogP contribution >= 0.6 is 0 Å². The number of ether oxygens (including phenoxy) is 1. The lowest BCUT2D eigenvalue weighted by molar-refractivity contribution is 0.378. The molecule has 0 bridgehead atoms. The number of nitrogens with zero attached hydrogens (tertiary/aromatic N) is 3. The van der Waals surface area contributed by atoms with Crippen molar-refractivity contribution in [2.45, 2.75) is 38.8 Å². The second-order valence-electron chi connectivity index (χ2n) is 6.43. The predicted molar refractivity (Wildman–Crippen MR) is 96.5 cm³/mol. The second kappa shape index (κ2) is 7.62. The smallest absolute Gasteiger partial charge is 0.225 e. The molecule has 1 atom stereocenters. The van der Waals surface area contributed by atoms with E-state index < -0.39 is 0 Å². The zero-order valence-corrected chi connectivity index (χ0v) is 14.7. The molecule has 3 rings (SSSR count). The highest BCUT2D eigenvalue weighted by atomic mass is 16.5. The van der Waals surface area contributed by atoms with Crippen LogP contribution in [0, 0.1) is 6.92 Å². The maximum Gasteiger partial charge on any atom is 0.225 e. The van der Waals surface area contributed by atoms with Gasteiger partial charge in [0.05, 0.1) is 7.11 Å². The van der Waals surface area contributed by atoms with Gasteiger partial charge in [0.25, 0.3) is 0 Å². The molecule has 1 aromatic heterocycles. The molecule has 1 fully saturated rings. The Balaban J connectivity index is 1.55. The molecule has 1 aliphatic rings. The molecule has 0 amide bonds. The van der Waals surface area contributed by atoms with E-state index in [4.69, 9.17) is 4.74 Å². The van der Waals surface area contributed by atoms with Crippen molar-refractivity contribution in [2.24, 2.45) is 0 Å². The van der Waals surface area contributed by atoms with Crippen LogP contribution in [-0.4, -0.2) is 36.2 Å². The summed E-state index contributed by atoms with van der Waals surface area (Å²) in [7, 11) is 1.72. The Morgan fingerprint density at radius 1 is 1.21 bits per heavy atom. The fraction of sp³-hybridized carbons (Fsp3) is 0.474. The number of hydrogen-bond donors (Lipinski definition) is 1. The van der Waals surface area contributed by atoms with E-state index in [0.717, 1.165) is 37.6 Å². The van der Waals surface area contributed by atoms with Crippen molar-refractivity contribution in [1.29, 1.82) is 0 Å². The maximum atomic E-state index is 5.35. The zero-order chi connectivity index (χ0) is 16.9. The molecule has 0 radical (unpaired) electrons. The summed E-state index contributed by atoms with van der Waals surface area (Å²) >= 11 is 0. The van der Waals surface area contributed by atoms with E-state index in [-0.39, 0.29) is 0 Å². The Morgan fingerprint density at radius 2 is 1.92 bits per heavy atom. The van der Waals surface area contributed by atoms with Gasteiger partial charge in [0.15, 0.2) is 0 Å². The molecule has 0 spiro atoms. The highest BCUT2D eigenvalue weighted by molar-refractivity contribution is 5.37. The van der Waals surface area contributed by atoms with Gasteiger partial charge in [-0.1, -0.05) is 12.1 Å². The summed E-state index contributed by atoms with van der Waals surface area (Å²) < 4.78 is 5.35. The minimum absolute atomic E-state index is 0.333. The summed E-state index contributed by atoms with van der Waals surface area (Å²) in [5.41, 5.74) is 2.49. The van der Waals surface area contributed by atoms with Crippen LogP contribution < -0.4 is 15.0 Å². The van der Waals surface area contributed by atoms with Crippen molar-refractivity contribution in [3.63, 3.8) is 0 Å². The third kappa shape index (κ3) is 3.85. The Bertz CT molecular complexity index is 654. The molecule has 0 unspecified atom stereocenters. The Morgan fingerprint density at radius 3 is 2.54 bits per heavy atom. The van der Waals surface area contributed by atoms with Gasteiger partial charge in [-0.05, 0) is 49.9 Å². The summed E-state index contributed by atoms with van der Waals surface area (Å²) in [6.45, 7) is 6.31. The molecular formula is C19H26N4O. The van der Waals surface area contributed by atoms with Crippen molar-refractivity contribution in [2.75, 3.05) is 25.1 Å². The van der Waals surface area contributed by atoms with Crippen LogP contribution in [0.5, 0.6) is 5.75 Å². The Kier molecular flexibility index (Phi) is 5.30. The SMILES string of the molecule is COc1ccc([C@H](C)NC2CCN(c3ncccn3)CC2)cc1C. The first-order valence-electron chi connectivity index (χ1n) is 8.60. The molecule has 1 aromatic carbocycles. The van der Waals surface area contributed by atoms with Gasteiger partial charge in [0.1, 0.15) is 5.75 Å². The van der Waals surface area contributed by atoms with E-state index in [2.05, 4.69) is 52.2 Å². The van der Waals surface area contributed by atoms with Crippen LogP contribution in [-0.2, 0) is 0 Å². The third-order valence-corrected chi connectivity index (χ3v) is 4.73. The van der Waals surface area contributed by atoms with Crippen molar-refractivity contribution in [1.82, 2.24) is 15.3 Å². The number of rotatable bonds is 5. The molecule has 1 aliphatic heterocycles. The van der Waals surface area contributed by atoms with Crippen LogP contribution in [0.25, 0.3) is 0 Å². The average molecular weight is 326 g/mol. The molecule has 5 nitrogen and oxygen atoms in total. The van der Waals surface area contributed by atoms with Crippen molar-refractivity contribution in [3.05, 3.63) is 47.8 Å². The molecule has 1 N–H and O–H groups in total. The van der Waals surface area contributed by atoms with Gasteiger partial charge in [0, 0.05) is 37.6 Å². The number of aromatic nitrogens is 2. The second-order valence-corrected chi connectivity index (χ2v) is 6.43. The summed E-state index contributed by atoms with van der Waals surface area (Å²) in [6.07, 6.45) is 5.83. The minimum atomic E-state index is 0.333. The number of aryl methyl sites for hydroxylation is 1. The van der Waals surface area contributed by atoms with E-state index in [0.29, 0.717) is 12.1 Å². The first-order chi connectivity index (χ1) is 11.7. The topological polar surface area (TPSA) is 50.3 Å². The van der Waals surface area contributed by atoms with Gasteiger partial charge in [-0.3, -0.25) is 0 Å². The largest absolute Gasteiger partial charge is 0.496 e. The van der Waals surface area contributed by atoms with Crippen LogP contribution in [0.4, 0.5) is 5.95 Å². The summed E-state index contributed by atoms with van der Waals surface area (Å²) in [5.74, 6) is 1.79. The van der Waals surface area contributed by atoms with Gasteiger partial charge in [-0.2, -0.15) is 0 Å². The van der Waals surface area contributed by atoms with Crippen LogP contribution in [0.15, 0.2) is 36.7 Å². The van der Waals surface area contributed by atoms with E-state index >= 15 is 0 Å². The number of nitrogens with one attached hydrogen (secondary N) is 1. The molecule has 1 saturated heterocycles. The van der Waals surface area contributed by atoms with Crippen LogP contribution in [0.1, 0.15) is 36.9 Å². The van der Waals surface area contributed by atoms with Gasteiger partial charge in [-0.15, -0.1) is 0 Å². The Hall–Kier alpha value is -2.14. The summed E-state index contributed by atoms with van der Waals surface area (Å²) in [4.78, 5) is 11.0. The Labute approximate surface area is 144 Å². The molecule has 2 aromatic rings. The highest BCUT2D eigenvalue weighted by Crippen LogP contribution is 2.24. The first-order valence-corrected chi connectivity index (χ1v) is 8.60. The van der Waals surface area contributed by atoms with Crippen molar-refractivity contribution >= 4 is 5.95 Å². The van der Waals surface area contributed by atoms with E-state index in [9.17, 15) is 0 Å². The number of methoxy groups -OCH3 is 1.